The van der Waals surface area contributed by atoms with Gasteiger partial charge in [-0.25, -0.2) is 8.42 Å². The molecule has 0 unspecified atom stereocenters. The highest BCUT2D eigenvalue weighted by Crippen LogP contribution is 2.35. The fourth-order valence-electron chi connectivity index (χ4n) is 4.57. The molecular weight excluding hydrogens is 448 g/mol. The van der Waals surface area contributed by atoms with Crippen LogP contribution in [0.1, 0.15) is 63.1 Å². The number of aryl methyl sites for hydroxylation is 2. The molecule has 2 fully saturated rings. The normalized spacial score (nSPS) is 25.0. The molecule has 1 saturated heterocycles. The maximum absolute atomic E-state index is 13.4. The SMILES string of the molecule is CCc1nc(-c2cc(S(=O)(=O)N3CCC[C@@H](C(=O)NC4CCC(C)CC4)C3)c(C)s2)no1. The van der Waals surface area contributed by atoms with Crippen molar-refractivity contribution in [1.29, 1.82) is 0 Å². The second-order valence-corrected chi connectivity index (χ2v) is 12.2. The molecule has 1 atom stereocenters. The minimum Gasteiger partial charge on any atom is -0.353 e. The Morgan fingerprint density at radius 2 is 2.03 bits per heavy atom. The van der Waals surface area contributed by atoms with Crippen molar-refractivity contribution in [3.8, 4) is 10.7 Å². The number of sulfonamides is 1. The minimum absolute atomic E-state index is 0.00826. The quantitative estimate of drug-likeness (QED) is 0.675. The topological polar surface area (TPSA) is 105 Å². The number of carbonyl (C=O) groups excluding carboxylic acids is 1. The van der Waals surface area contributed by atoms with Gasteiger partial charge in [-0.15, -0.1) is 11.3 Å². The standard InChI is InChI=1S/C22H32N4O4S2/c1-4-20-24-21(25-30-20)18-12-19(15(3)31-18)32(28,29)26-11-5-6-16(13-26)22(27)23-17-9-7-14(2)8-10-17/h12,14,16-17H,4-11,13H2,1-3H3,(H,23,27)/t14?,16-,17?/m1/s1. The van der Waals surface area contributed by atoms with Crippen molar-refractivity contribution in [1.82, 2.24) is 19.8 Å². The second kappa shape index (κ2) is 9.61. The van der Waals surface area contributed by atoms with Crippen molar-refractivity contribution in [3.05, 3.63) is 16.8 Å². The van der Waals surface area contributed by atoms with Gasteiger partial charge in [0.15, 0.2) is 0 Å². The predicted molar refractivity (Wildman–Crippen MR) is 123 cm³/mol. The van der Waals surface area contributed by atoms with Gasteiger partial charge in [0.2, 0.25) is 27.6 Å². The number of nitrogens with zero attached hydrogens (tertiary/aromatic N) is 3. The van der Waals surface area contributed by atoms with Crippen molar-refractivity contribution in [2.75, 3.05) is 13.1 Å². The van der Waals surface area contributed by atoms with E-state index < -0.39 is 10.0 Å². The van der Waals surface area contributed by atoms with Crippen LogP contribution in [-0.2, 0) is 21.2 Å². The molecule has 176 valence electrons. The van der Waals surface area contributed by atoms with E-state index in [9.17, 15) is 13.2 Å². The summed E-state index contributed by atoms with van der Waals surface area (Å²) >= 11 is 1.34. The van der Waals surface area contributed by atoms with E-state index in [-0.39, 0.29) is 29.3 Å². The molecule has 1 aliphatic heterocycles. The lowest BCUT2D eigenvalue weighted by atomic mass is 9.87. The maximum atomic E-state index is 13.4. The Hall–Kier alpha value is -1.78. The first-order valence-electron chi connectivity index (χ1n) is 11.5. The lowest BCUT2D eigenvalue weighted by Crippen LogP contribution is -2.48. The van der Waals surface area contributed by atoms with Gasteiger partial charge in [0.1, 0.15) is 0 Å². The van der Waals surface area contributed by atoms with E-state index in [1.165, 1.54) is 15.6 Å². The van der Waals surface area contributed by atoms with Crippen LogP contribution in [0.3, 0.4) is 0 Å². The average molecular weight is 481 g/mol. The predicted octanol–water partition coefficient (Wildman–Crippen LogP) is 3.76. The van der Waals surface area contributed by atoms with Gasteiger partial charge in [-0.1, -0.05) is 19.0 Å². The van der Waals surface area contributed by atoms with Gasteiger partial charge < -0.3 is 9.84 Å². The number of piperidine rings is 1. The Morgan fingerprint density at radius 1 is 1.28 bits per heavy atom. The molecule has 0 aromatic carbocycles. The van der Waals surface area contributed by atoms with Crippen molar-refractivity contribution in [2.45, 2.75) is 76.7 Å². The van der Waals surface area contributed by atoms with Crippen LogP contribution in [0.4, 0.5) is 0 Å². The summed E-state index contributed by atoms with van der Waals surface area (Å²) in [5, 5.41) is 7.14. The van der Waals surface area contributed by atoms with Crippen LogP contribution in [0.15, 0.2) is 15.5 Å². The van der Waals surface area contributed by atoms with Crippen LogP contribution in [0.2, 0.25) is 0 Å². The van der Waals surface area contributed by atoms with E-state index in [4.69, 9.17) is 4.52 Å². The van der Waals surface area contributed by atoms with E-state index in [2.05, 4.69) is 22.4 Å². The molecule has 1 amide bonds. The summed E-state index contributed by atoms with van der Waals surface area (Å²) in [7, 11) is -3.71. The summed E-state index contributed by atoms with van der Waals surface area (Å²) in [6.45, 7) is 6.62. The zero-order valence-electron chi connectivity index (χ0n) is 19.0. The van der Waals surface area contributed by atoms with E-state index in [0.717, 1.165) is 38.0 Å². The molecule has 1 N–H and O–H groups in total. The van der Waals surface area contributed by atoms with E-state index in [0.29, 0.717) is 40.9 Å². The smallest absolute Gasteiger partial charge is 0.244 e. The lowest BCUT2D eigenvalue weighted by molar-refractivity contribution is -0.127. The molecule has 8 nitrogen and oxygen atoms in total. The number of thiophene rings is 1. The number of carbonyl (C=O) groups is 1. The fourth-order valence-corrected chi connectivity index (χ4v) is 7.58. The summed E-state index contributed by atoms with van der Waals surface area (Å²) in [5.41, 5.74) is 0. The molecule has 0 bridgehead atoms. The summed E-state index contributed by atoms with van der Waals surface area (Å²) in [6.07, 6.45) is 6.31. The van der Waals surface area contributed by atoms with E-state index in [1.807, 2.05) is 6.92 Å². The lowest BCUT2D eigenvalue weighted by Gasteiger charge is -2.33. The fraction of sp³-hybridized carbons (Fsp3) is 0.682. The second-order valence-electron chi connectivity index (χ2n) is 9.06. The third kappa shape index (κ3) is 4.92. The first-order valence-corrected chi connectivity index (χ1v) is 13.8. The van der Waals surface area contributed by atoms with Crippen LogP contribution in [-0.4, -0.2) is 47.9 Å². The van der Waals surface area contributed by atoms with E-state index in [1.54, 1.807) is 13.0 Å². The van der Waals surface area contributed by atoms with Crippen molar-refractivity contribution in [2.24, 2.45) is 11.8 Å². The van der Waals surface area contributed by atoms with Gasteiger partial charge >= 0.3 is 0 Å². The van der Waals surface area contributed by atoms with Crippen LogP contribution in [0, 0.1) is 18.8 Å². The average Bonchev–Trinajstić information content (AvgIpc) is 3.42. The highest BCUT2D eigenvalue weighted by Gasteiger charge is 2.36. The zero-order valence-corrected chi connectivity index (χ0v) is 20.6. The molecule has 3 heterocycles. The number of hydrogen-bond donors (Lipinski definition) is 1. The number of hydrogen-bond acceptors (Lipinski definition) is 7. The number of nitrogens with one attached hydrogen (secondary N) is 1. The van der Waals surface area contributed by atoms with Gasteiger partial charge in [-0.2, -0.15) is 9.29 Å². The first kappa shape index (κ1) is 23.4. The van der Waals surface area contributed by atoms with Crippen molar-refractivity contribution >= 4 is 27.3 Å². The minimum atomic E-state index is -3.71. The van der Waals surface area contributed by atoms with Crippen LogP contribution in [0.5, 0.6) is 0 Å². The van der Waals surface area contributed by atoms with Gasteiger partial charge in [0.25, 0.3) is 0 Å². The molecule has 32 heavy (non-hydrogen) atoms. The van der Waals surface area contributed by atoms with Gasteiger partial charge in [0, 0.05) is 30.4 Å². The Labute approximate surface area is 193 Å². The highest BCUT2D eigenvalue weighted by molar-refractivity contribution is 7.89. The zero-order chi connectivity index (χ0) is 22.9. The third-order valence-corrected chi connectivity index (χ3v) is 9.77. The highest BCUT2D eigenvalue weighted by atomic mass is 32.2. The first-order chi connectivity index (χ1) is 15.3. The molecule has 1 saturated carbocycles. The molecule has 2 aromatic heterocycles. The van der Waals surface area contributed by atoms with E-state index >= 15 is 0 Å². The van der Waals surface area contributed by atoms with Crippen molar-refractivity contribution in [3.63, 3.8) is 0 Å². The Balaban J connectivity index is 1.46. The molecule has 10 heteroatoms. The Kier molecular flexibility index (Phi) is 7.02. The molecule has 1 aliphatic carbocycles. The summed E-state index contributed by atoms with van der Waals surface area (Å²) in [4.78, 5) is 18.8. The van der Waals surface area contributed by atoms with Crippen LogP contribution >= 0.6 is 11.3 Å². The third-order valence-electron chi connectivity index (χ3n) is 6.60. The van der Waals surface area contributed by atoms with Crippen LogP contribution < -0.4 is 5.32 Å². The number of amides is 1. The molecule has 0 radical (unpaired) electrons. The number of rotatable bonds is 6. The summed E-state index contributed by atoms with van der Waals surface area (Å²) in [5.74, 6) is 1.34. The van der Waals surface area contributed by atoms with Crippen molar-refractivity contribution < 1.29 is 17.7 Å². The molecular formula is C22H32N4O4S2. The molecule has 0 spiro atoms. The van der Waals surface area contributed by atoms with Crippen LogP contribution in [0.25, 0.3) is 10.7 Å². The molecule has 2 aliphatic rings. The van der Waals surface area contributed by atoms with Gasteiger partial charge in [0.05, 0.1) is 15.7 Å². The summed E-state index contributed by atoms with van der Waals surface area (Å²) in [6, 6.07) is 1.85. The molecule has 2 aromatic rings. The van der Waals surface area contributed by atoms with Gasteiger partial charge in [-0.3, -0.25) is 4.79 Å². The molecule has 4 rings (SSSR count). The largest absolute Gasteiger partial charge is 0.353 e. The Morgan fingerprint density at radius 3 is 2.72 bits per heavy atom. The Bertz CT molecular complexity index is 1050. The maximum Gasteiger partial charge on any atom is 0.244 e. The monoisotopic (exact) mass is 480 g/mol. The number of aromatic nitrogens is 2. The van der Waals surface area contributed by atoms with Gasteiger partial charge in [-0.05, 0) is 57.4 Å². The summed E-state index contributed by atoms with van der Waals surface area (Å²) < 4.78 is 33.5.